The molecular formula is C15H25N3O2. The summed E-state index contributed by atoms with van der Waals surface area (Å²) < 4.78 is 5.60. The van der Waals surface area contributed by atoms with Gasteiger partial charge >= 0.3 is 0 Å². The molecule has 5 heteroatoms. The molecule has 20 heavy (non-hydrogen) atoms. The van der Waals surface area contributed by atoms with Crippen molar-refractivity contribution in [3.63, 3.8) is 0 Å². The van der Waals surface area contributed by atoms with Crippen molar-refractivity contribution >= 4 is 11.6 Å². The second kappa shape index (κ2) is 8.43. The number of hydrogen-bond donors (Lipinski definition) is 2. The molecule has 0 spiro atoms. The van der Waals surface area contributed by atoms with Crippen LogP contribution in [0.1, 0.15) is 30.1 Å². The fourth-order valence-electron chi connectivity index (χ4n) is 1.62. The topological polar surface area (TPSA) is 67.6 Å². The van der Waals surface area contributed by atoms with Gasteiger partial charge in [0.1, 0.15) is 5.75 Å². The Morgan fingerprint density at radius 1 is 1.40 bits per heavy atom. The molecule has 0 saturated carbocycles. The highest BCUT2D eigenvalue weighted by molar-refractivity contribution is 5.95. The van der Waals surface area contributed by atoms with Crippen LogP contribution in [0.2, 0.25) is 0 Å². The van der Waals surface area contributed by atoms with Gasteiger partial charge in [0.15, 0.2) is 0 Å². The van der Waals surface area contributed by atoms with Crippen molar-refractivity contribution in [2.45, 2.75) is 19.8 Å². The largest absolute Gasteiger partial charge is 0.491 e. The molecule has 0 atom stereocenters. The Bertz CT molecular complexity index is 433. The fourth-order valence-corrected chi connectivity index (χ4v) is 1.62. The van der Waals surface area contributed by atoms with E-state index in [9.17, 15) is 4.79 Å². The summed E-state index contributed by atoms with van der Waals surface area (Å²) in [6.07, 6.45) is 2.03. The Morgan fingerprint density at radius 2 is 2.15 bits per heavy atom. The summed E-state index contributed by atoms with van der Waals surface area (Å²) in [6.45, 7) is 4.14. The second-order valence-electron chi connectivity index (χ2n) is 5.01. The van der Waals surface area contributed by atoms with Gasteiger partial charge in [0, 0.05) is 18.7 Å². The molecule has 0 unspecified atom stereocenters. The number of amides is 1. The molecule has 0 aliphatic rings. The Morgan fingerprint density at radius 3 is 2.80 bits per heavy atom. The average Bonchev–Trinajstić information content (AvgIpc) is 2.40. The Kier molecular flexibility index (Phi) is 6.87. The molecule has 3 N–H and O–H groups in total. The van der Waals surface area contributed by atoms with E-state index >= 15 is 0 Å². The number of nitrogen functional groups attached to an aromatic ring is 1. The van der Waals surface area contributed by atoms with Gasteiger partial charge in [0.05, 0.1) is 12.3 Å². The van der Waals surface area contributed by atoms with E-state index in [1.807, 2.05) is 19.0 Å². The molecule has 0 heterocycles. The van der Waals surface area contributed by atoms with Crippen molar-refractivity contribution in [1.82, 2.24) is 10.2 Å². The zero-order valence-electron chi connectivity index (χ0n) is 12.6. The van der Waals surface area contributed by atoms with Gasteiger partial charge in [-0.3, -0.25) is 4.79 Å². The Balaban J connectivity index is 2.61. The van der Waals surface area contributed by atoms with E-state index in [2.05, 4.69) is 12.2 Å². The lowest BCUT2D eigenvalue weighted by molar-refractivity contribution is 0.0950. The average molecular weight is 279 g/mol. The third-order valence-electron chi connectivity index (χ3n) is 2.88. The van der Waals surface area contributed by atoms with Crippen molar-refractivity contribution in [2.75, 3.05) is 39.5 Å². The van der Waals surface area contributed by atoms with Crippen LogP contribution in [0.15, 0.2) is 18.2 Å². The van der Waals surface area contributed by atoms with E-state index in [0.29, 0.717) is 30.2 Å². The first-order valence-corrected chi connectivity index (χ1v) is 6.99. The van der Waals surface area contributed by atoms with Crippen LogP contribution in [0.3, 0.4) is 0 Å². The predicted molar refractivity (Wildman–Crippen MR) is 82.1 cm³/mol. The van der Waals surface area contributed by atoms with E-state index in [4.69, 9.17) is 10.5 Å². The number of ether oxygens (including phenoxy) is 1. The minimum atomic E-state index is -0.104. The van der Waals surface area contributed by atoms with Gasteiger partial charge in [0.2, 0.25) is 0 Å². The smallest absolute Gasteiger partial charge is 0.251 e. The van der Waals surface area contributed by atoms with Gasteiger partial charge in [-0.05, 0) is 38.7 Å². The van der Waals surface area contributed by atoms with Gasteiger partial charge in [0.25, 0.3) is 5.91 Å². The number of nitrogens with zero attached hydrogens (tertiary/aromatic N) is 1. The van der Waals surface area contributed by atoms with Gasteiger partial charge in [-0.15, -0.1) is 0 Å². The highest BCUT2D eigenvalue weighted by Crippen LogP contribution is 2.23. The third-order valence-corrected chi connectivity index (χ3v) is 2.88. The number of carbonyl (C=O) groups is 1. The van der Waals surface area contributed by atoms with Crippen LogP contribution >= 0.6 is 0 Å². The van der Waals surface area contributed by atoms with Crippen molar-refractivity contribution in [3.05, 3.63) is 23.8 Å². The van der Waals surface area contributed by atoms with Crippen LogP contribution in [-0.4, -0.2) is 44.6 Å². The SMILES string of the molecule is CCCCOc1cc(C(=O)NCCN(C)C)ccc1N. The number of anilines is 1. The summed E-state index contributed by atoms with van der Waals surface area (Å²) in [5, 5.41) is 2.87. The maximum atomic E-state index is 12.0. The van der Waals surface area contributed by atoms with Crippen LogP contribution in [0.5, 0.6) is 5.75 Å². The lowest BCUT2D eigenvalue weighted by Crippen LogP contribution is -2.31. The summed E-state index contributed by atoms with van der Waals surface area (Å²) in [5.41, 5.74) is 6.98. The van der Waals surface area contributed by atoms with Crippen LogP contribution in [0, 0.1) is 0 Å². The standard InChI is InChI=1S/C15H25N3O2/c1-4-5-10-20-14-11-12(6-7-13(14)16)15(19)17-8-9-18(2)3/h6-7,11H,4-5,8-10,16H2,1-3H3,(H,17,19). The number of rotatable bonds is 8. The molecule has 1 rings (SSSR count). The van der Waals surface area contributed by atoms with Crippen LogP contribution in [0.25, 0.3) is 0 Å². The predicted octanol–water partition coefficient (Wildman–Crippen LogP) is 1.74. The lowest BCUT2D eigenvalue weighted by Gasteiger charge is -2.12. The van der Waals surface area contributed by atoms with E-state index in [-0.39, 0.29) is 5.91 Å². The molecule has 0 radical (unpaired) electrons. The zero-order valence-corrected chi connectivity index (χ0v) is 12.6. The van der Waals surface area contributed by atoms with Crippen molar-refractivity contribution in [2.24, 2.45) is 0 Å². The minimum Gasteiger partial charge on any atom is -0.491 e. The molecule has 1 aromatic rings. The van der Waals surface area contributed by atoms with E-state index in [1.165, 1.54) is 0 Å². The third kappa shape index (κ3) is 5.48. The molecular weight excluding hydrogens is 254 g/mol. The summed E-state index contributed by atoms with van der Waals surface area (Å²) in [6, 6.07) is 5.13. The van der Waals surface area contributed by atoms with Crippen molar-refractivity contribution in [1.29, 1.82) is 0 Å². The number of nitrogens with two attached hydrogens (primary N) is 1. The Hall–Kier alpha value is -1.75. The second-order valence-corrected chi connectivity index (χ2v) is 5.01. The molecule has 0 fully saturated rings. The number of unbranched alkanes of at least 4 members (excludes halogenated alkanes) is 1. The van der Waals surface area contributed by atoms with Gasteiger partial charge < -0.3 is 20.7 Å². The van der Waals surface area contributed by atoms with E-state index in [0.717, 1.165) is 19.4 Å². The molecule has 112 valence electrons. The normalized spacial score (nSPS) is 10.6. The number of benzene rings is 1. The molecule has 5 nitrogen and oxygen atoms in total. The molecule has 0 aliphatic heterocycles. The van der Waals surface area contributed by atoms with Gasteiger partial charge in [-0.25, -0.2) is 0 Å². The number of nitrogens with one attached hydrogen (secondary N) is 1. The highest BCUT2D eigenvalue weighted by atomic mass is 16.5. The maximum Gasteiger partial charge on any atom is 0.251 e. The highest BCUT2D eigenvalue weighted by Gasteiger charge is 2.09. The first-order valence-electron chi connectivity index (χ1n) is 6.99. The minimum absolute atomic E-state index is 0.104. The summed E-state index contributed by atoms with van der Waals surface area (Å²) in [5.74, 6) is 0.478. The van der Waals surface area contributed by atoms with Crippen LogP contribution < -0.4 is 15.8 Å². The summed E-state index contributed by atoms with van der Waals surface area (Å²) in [7, 11) is 3.93. The first-order chi connectivity index (χ1) is 9.54. The molecule has 1 amide bonds. The molecule has 0 aromatic heterocycles. The van der Waals surface area contributed by atoms with E-state index < -0.39 is 0 Å². The molecule has 0 saturated heterocycles. The van der Waals surface area contributed by atoms with Crippen LogP contribution in [0.4, 0.5) is 5.69 Å². The summed E-state index contributed by atoms with van der Waals surface area (Å²) in [4.78, 5) is 14.0. The number of likely N-dealkylation sites (N-methyl/N-ethyl adjacent to an activating group) is 1. The van der Waals surface area contributed by atoms with Crippen LogP contribution in [-0.2, 0) is 0 Å². The number of hydrogen-bond acceptors (Lipinski definition) is 4. The monoisotopic (exact) mass is 279 g/mol. The molecule has 1 aromatic carbocycles. The molecule has 0 bridgehead atoms. The van der Waals surface area contributed by atoms with Gasteiger partial charge in [-0.1, -0.05) is 13.3 Å². The van der Waals surface area contributed by atoms with Crippen molar-refractivity contribution in [3.8, 4) is 5.75 Å². The lowest BCUT2D eigenvalue weighted by atomic mass is 10.1. The zero-order chi connectivity index (χ0) is 15.0. The Labute approximate surface area is 121 Å². The first kappa shape index (κ1) is 16.3. The van der Waals surface area contributed by atoms with Crippen molar-refractivity contribution < 1.29 is 9.53 Å². The quantitative estimate of drug-likeness (QED) is 0.562. The van der Waals surface area contributed by atoms with Gasteiger partial charge in [-0.2, -0.15) is 0 Å². The summed E-state index contributed by atoms with van der Waals surface area (Å²) >= 11 is 0. The fraction of sp³-hybridized carbons (Fsp3) is 0.533. The molecule has 0 aliphatic carbocycles. The maximum absolute atomic E-state index is 12.0. The van der Waals surface area contributed by atoms with E-state index in [1.54, 1.807) is 18.2 Å². The number of carbonyl (C=O) groups excluding carboxylic acids is 1.